The van der Waals surface area contributed by atoms with Crippen LogP contribution in [0.3, 0.4) is 0 Å². The molecule has 1 aliphatic rings. The van der Waals surface area contributed by atoms with Crippen LogP contribution in [-0.4, -0.2) is 48.2 Å². The van der Waals surface area contributed by atoms with Crippen molar-refractivity contribution in [2.24, 2.45) is 5.92 Å². The van der Waals surface area contributed by atoms with Crippen molar-refractivity contribution < 1.29 is 19.1 Å². The summed E-state index contributed by atoms with van der Waals surface area (Å²) in [6, 6.07) is 18.5. The van der Waals surface area contributed by atoms with Gasteiger partial charge in [0, 0.05) is 19.0 Å². The molecule has 2 atom stereocenters. The molecule has 37 heavy (non-hydrogen) atoms. The number of unbranched alkanes of at least 4 members (excludes halogenated alkanes) is 1. The highest BCUT2D eigenvalue weighted by Gasteiger charge is 2.38. The first-order valence-electron chi connectivity index (χ1n) is 13.4. The van der Waals surface area contributed by atoms with Crippen LogP contribution in [0.25, 0.3) is 0 Å². The molecule has 0 spiro atoms. The van der Waals surface area contributed by atoms with Crippen molar-refractivity contribution in [3.05, 3.63) is 78.4 Å². The van der Waals surface area contributed by atoms with E-state index in [1.807, 2.05) is 62.1 Å². The predicted molar refractivity (Wildman–Crippen MR) is 148 cm³/mol. The monoisotopic (exact) mass is 506 g/mol. The summed E-state index contributed by atoms with van der Waals surface area (Å²) < 4.78 is 11.4. The number of benzene rings is 2. The molecule has 1 saturated heterocycles. The smallest absolute Gasteiger partial charge is 0.407 e. The van der Waals surface area contributed by atoms with Gasteiger partial charge < -0.3 is 19.7 Å². The third-order valence-electron chi connectivity index (χ3n) is 6.49. The molecule has 2 amide bonds. The lowest BCUT2D eigenvalue weighted by atomic mass is 10.0. The van der Waals surface area contributed by atoms with Crippen molar-refractivity contribution >= 4 is 12.0 Å². The fourth-order valence-electron chi connectivity index (χ4n) is 4.62. The first-order chi connectivity index (χ1) is 17.7. The minimum atomic E-state index is -0.477. The summed E-state index contributed by atoms with van der Waals surface area (Å²) in [4.78, 5) is 26.7. The second kappa shape index (κ2) is 13.9. The molecule has 0 radical (unpaired) electrons. The number of nitrogens with one attached hydrogen (secondary N) is 1. The topological polar surface area (TPSA) is 67.9 Å². The summed E-state index contributed by atoms with van der Waals surface area (Å²) in [5.41, 5.74) is 1.99. The molecule has 0 aromatic heterocycles. The number of likely N-dealkylation sites (tertiary alicyclic amines) is 1. The molecule has 0 unspecified atom stereocenters. The quantitative estimate of drug-likeness (QED) is 0.269. The third-order valence-corrected chi connectivity index (χ3v) is 6.49. The molecule has 1 aliphatic heterocycles. The van der Waals surface area contributed by atoms with Crippen LogP contribution in [0.15, 0.2) is 67.3 Å². The van der Waals surface area contributed by atoms with Crippen LogP contribution < -0.4 is 10.1 Å². The molecule has 1 heterocycles. The molecular formula is C31H42N2O4. The number of alkyl carbamates (subject to hydrolysis) is 1. The molecule has 1 fully saturated rings. The Hall–Kier alpha value is -3.28. The van der Waals surface area contributed by atoms with Crippen LogP contribution in [0, 0.1) is 5.92 Å². The Morgan fingerprint density at radius 2 is 1.76 bits per heavy atom. The van der Waals surface area contributed by atoms with Gasteiger partial charge in [0.15, 0.2) is 0 Å². The van der Waals surface area contributed by atoms with Gasteiger partial charge in [-0.2, -0.15) is 0 Å². The average Bonchev–Trinajstić information content (AvgIpc) is 3.16. The van der Waals surface area contributed by atoms with E-state index in [9.17, 15) is 9.59 Å². The summed E-state index contributed by atoms with van der Waals surface area (Å²) in [5, 5.41) is 2.80. The Kier molecular flexibility index (Phi) is 10.6. The zero-order chi connectivity index (χ0) is 26.7. The van der Waals surface area contributed by atoms with E-state index in [1.165, 1.54) is 11.1 Å². The summed E-state index contributed by atoms with van der Waals surface area (Å²) in [6.07, 6.45) is 6.61. The van der Waals surface area contributed by atoms with Crippen LogP contribution in [0.5, 0.6) is 5.75 Å². The average molecular weight is 507 g/mol. The molecule has 2 aromatic carbocycles. The first-order valence-corrected chi connectivity index (χ1v) is 13.4. The fourth-order valence-corrected chi connectivity index (χ4v) is 4.62. The molecule has 200 valence electrons. The van der Waals surface area contributed by atoms with Gasteiger partial charge >= 0.3 is 6.09 Å². The summed E-state index contributed by atoms with van der Waals surface area (Å²) in [7, 11) is 0. The van der Waals surface area contributed by atoms with E-state index in [0.29, 0.717) is 26.1 Å². The van der Waals surface area contributed by atoms with Gasteiger partial charge in [-0.25, -0.2) is 4.79 Å². The van der Waals surface area contributed by atoms with E-state index >= 15 is 0 Å². The number of carbonyl (C=O) groups is 2. The van der Waals surface area contributed by atoms with Gasteiger partial charge in [0.25, 0.3) is 0 Å². The summed E-state index contributed by atoms with van der Waals surface area (Å²) in [5.74, 6) is 1.02. The van der Waals surface area contributed by atoms with E-state index in [0.717, 1.165) is 37.9 Å². The summed E-state index contributed by atoms with van der Waals surface area (Å²) >= 11 is 0. The molecule has 0 saturated carbocycles. The molecule has 2 aromatic rings. The van der Waals surface area contributed by atoms with Gasteiger partial charge in [0.1, 0.15) is 18.0 Å². The number of allylic oxidation sites excluding steroid dienone is 1. The lowest BCUT2D eigenvalue weighted by molar-refractivity contribution is -0.132. The van der Waals surface area contributed by atoms with Crippen LogP contribution in [0.4, 0.5) is 4.79 Å². The minimum Gasteiger partial charge on any atom is -0.491 e. The largest absolute Gasteiger partial charge is 0.491 e. The van der Waals surface area contributed by atoms with E-state index in [-0.39, 0.29) is 24.0 Å². The van der Waals surface area contributed by atoms with Gasteiger partial charge in [-0.05, 0) is 82.6 Å². The zero-order valence-electron chi connectivity index (χ0n) is 22.6. The minimum absolute atomic E-state index is 0.00550. The Labute approximate surface area is 222 Å². The van der Waals surface area contributed by atoms with Gasteiger partial charge in [-0.15, -0.1) is 6.58 Å². The lowest BCUT2D eigenvalue weighted by Crippen LogP contribution is -2.38. The second-order valence-corrected chi connectivity index (χ2v) is 10.7. The molecule has 0 aliphatic carbocycles. The highest BCUT2D eigenvalue weighted by Crippen LogP contribution is 2.29. The molecule has 1 N–H and O–H groups in total. The zero-order valence-corrected chi connectivity index (χ0v) is 22.6. The number of rotatable bonds is 13. The molecule has 0 bridgehead atoms. The molecule has 6 nitrogen and oxygen atoms in total. The van der Waals surface area contributed by atoms with Gasteiger partial charge in [-0.1, -0.05) is 48.5 Å². The van der Waals surface area contributed by atoms with Gasteiger partial charge in [0.2, 0.25) is 5.91 Å². The maximum Gasteiger partial charge on any atom is 0.407 e. The maximum absolute atomic E-state index is 13.0. The maximum atomic E-state index is 13.0. The van der Waals surface area contributed by atoms with Crippen LogP contribution in [0.1, 0.15) is 57.6 Å². The predicted octanol–water partition coefficient (Wildman–Crippen LogP) is 5.95. The number of carbonyl (C=O) groups excluding carboxylic acids is 2. The van der Waals surface area contributed by atoms with E-state index in [1.54, 1.807) is 0 Å². The van der Waals surface area contributed by atoms with E-state index in [4.69, 9.17) is 9.47 Å². The molecular weight excluding hydrogens is 464 g/mol. The van der Waals surface area contributed by atoms with E-state index < -0.39 is 5.60 Å². The standard InChI is InChI=1S/C31H42N2O4/c1-5-11-26-22-27(33(29(26)34)21-19-24-12-7-6-8-13-24)23-36-28-17-15-25(16-18-28)14-9-10-20-32-30(35)37-31(2,3)4/h5-8,12-13,15-18,26-27H,1,9-11,14,19-23H2,2-4H3,(H,32,35)/t26-,27+/m1/s1. The second-order valence-electron chi connectivity index (χ2n) is 10.7. The van der Waals surface area contributed by atoms with Crippen molar-refractivity contribution in [2.75, 3.05) is 19.7 Å². The third kappa shape index (κ3) is 9.60. The number of nitrogens with zero attached hydrogens (tertiary/aromatic N) is 1. The lowest BCUT2D eigenvalue weighted by Gasteiger charge is -2.25. The van der Waals surface area contributed by atoms with Gasteiger partial charge in [0.05, 0.1) is 6.04 Å². The van der Waals surface area contributed by atoms with Crippen molar-refractivity contribution in [3.8, 4) is 5.75 Å². The summed E-state index contributed by atoms with van der Waals surface area (Å²) in [6.45, 7) is 11.2. The fraction of sp³-hybridized carbons (Fsp3) is 0.484. The number of amides is 2. The Morgan fingerprint density at radius 3 is 2.43 bits per heavy atom. The van der Waals surface area contributed by atoms with E-state index in [2.05, 4.69) is 36.2 Å². The number of hydrogen-bond acceptors (Lipinski definition) is 4. The van der Waals surface area contributed by atoms with Crippen molar-refractivity contribution in [1.82, 2.24) is 10.2 Å². The van der Waals surface area contributed by atoms with Gasteiger partial charge in [-0.3, -0.25) is 4.79 Å². The molecule has 3 rings (SSSR count). The highest BCUT2D eigenvalue weighted by atomic mass is 16.6. The van der Waals surface area contributed by atoms with Crippen molar-refractivity contribution in [1.29, 1.82) is 0 Å². The number of aryl methyl sites for hydroxylation is 1. The van der Waals surface area contributed by atoms with Crippen LogP contribution in [-0.2, 0) is 22.4 Å². The first kappa shape index (κ1) is 28.3. The Morgan fingerprint density at radius 1 is 1.05 bits per heavy atom. The highest BCUT2D eigenvalue weighted by molar-refractivity contribution is 5.81. The Balaban J connectivity index is 1.43. The van der Waals surface area contributed by atoms with Crippen LogP contribution in [0.2, 0.25) is 0 Å². The van der Waals surface area contributed by atoms with Crippen molar-refractivity contribution in [2.45, 2.75) is 70.9 Å². The van der Waals surface area contributed by atoms with Crippen LogP contribution >= 0.6 is 0 Å². The normalized spacial score (nSPS) is 17.5. The number of ether oxygens (including phenoxy) is 2. The Bertz CT molecular complexity index is 998. The van der Waals surface area contributed by atoms with Crippen molar-refractivity contribution in [3.63, 3.8) is 0 Å². The SMILES string of the molecule is C=CC[C@@H]1C[C@@H](COc2ccc(CCCCNC(=O)OC(C)(C)C)cc2)N(CCc2ccccc2)C1=O. The molecule has 6 heteroatoms. The number of hydrogen-bond donors (Lipinski definition) is 1.